The molecule has 0 spiro atoms. The molecular weight excluding hydrogens is 301 g/mol. The molecule has 0 aromatic rings. The third-order valence-corrected chi connectivity index (χ3v) is 4.49. The van der Waals surface area contributed by atoms with Crippen molar-refractivity contribution in [3.8, 4) is 0 Å². The van der Waals surface area contributed by atoms with Gasteiger partial charge < -0.3 is 5.73 Å². The van der Waals surface area contributed by atoms with Crippen molar-refractivity contribution in [3.05, 3.63) is 0 Å². The zero-order valence-electron chi connectivity index (χ0n) is 14.1. The largest absolute Gasteiger partial charge is 0.300 e. The number of hydrogen-bond donors (Lipinski definition) is 1. The molecule has 0 aromatic heterocycles. The van der Waals surface area contributed by atoms with Crippen molar-refractivity contribution in [2.45, 2.75) is 114 Å². The Hall–Kier alpha value is 0.540. The molecule has 128 valence electrons. The van der Waals surface area contributed by atoms with Gasteiger partial charge in [-0.3, -0.25) is 0 Å². The maximum absolute atomic E-state index is 5.73. The molecule has 0 aliphatic carbocycles. The van der Waals surface area contributed by atoms with Gasteiger partial charge in [-0.05, 0) is 12.8 Å². The summed E-state index contributed by atoms with van der Waals surface area (Å²) in [5.74, 6) is 0. The Kier molecular flexibility index (Phi) is 15.8. The molecule has 0 rings (SSSR count). The number of rotatable bonds is 16. The minimum atomic E-state index is -1.02. The number of halogens is 2. The summed E-state index contributed by atoms with van der Waals surface area (Å²) in [7, 11) is 0. The van der Waals surface area contributed by atoms with Crippen LogP contribution in [0.4, 0.5) is 0 Å². The molecule has 21 heavy (non-hydrogen) atoms. The zero-order valence-corrected chi connectivity index (χ0v) is 15.7. The van der Waals surface area contributed by atoms with Crippen LogP contribution in [0.25, 0.3) is 0 Å². The molecule has 0 atom stereocenters. The van der Waals surface area contributed by atoms with E-state index in [0.29, 0.717) is 6.42 Å². The first-order valence-corrected chi connectivity index (χ1v) is 9.98. The molecule has 3 heteroatoms. The summed E-state index contributed by atoms with van der Waals surface area (Å²) in [6, 6.07) is 0. The molecule has 0 radical (unpaired) electrons. The highest BCUT2D eigenvalue weighted by Crippen LogP contribution is 2.21. The maximum atomic E-state index is 5.73. The maximum Gasteiger partial charge on any atom is 0.166 e. The first-order chi connectivity index (χ1) is 10.1. The number of nitrogens with two attached hydrogens (primary N) is 1. The highest BCUT2D eigenvalue weighted by atomic mass is 35.5. The minimum absolute atomic E-state index is 0.703. The molecule has 0 fully saturated rings. The van der Waals surface area contributed by atoms with Gasteiger partial charge in [0, 0.05) is 0 Å². The van der Waals surface area contributed by atoms with Crippen LogP contribution in [-0.4, -0.2) is 4.46 Å². The van der Waals surface area contributed by atoms with Crippen molar-refractivity contribution in [3.63, 3.8) is 0 Å². The van der Waals surface area contributed by atoms with E-state index in [-0.39, 0.29) is 0 Å². The van der Waals surface area contributed by atoms with Gasteiger partial charge in [-0.25, -0.2) is 0 Å². The van der Waals surface area contributed by atoms with E-state index in [1.807, 2.05) is 0 Å². The normalized spacial score (nSPS) is 12.0. The summed E-state index contributed by atoms with van der Waals surface area (Å²) in [6.07, 6.45) is 21.2. The number of alkyl halides is 2. The van der Waals surface area contributed by atoms with Gasteiger partial charge in [-0.2, -0.15) is 0 Å². The Morgan fingerprint density at radius 1 is 0.571 bits per heavy atom. The fourth-order valence-corrected chi connectivity index (χ4v) is 3.00. The molecule has 0 saturated carbocycles. The first kappa shape index (κ1) is 21.5. The van der Waals surface area contributed by atoms with Crippen molar-refractivity contribution in [1.29, 1.82) is 0 Å². The minimum Gasteiger partial charge on any atom is -0.300 e. The summed E-state index contributed by atoms with van der Waals surface area (Å²) in [4.78, 5) is 0. The zero-order chi connectivity index (χ0) is 15.8. The Balaban J connectivity index is 3.00. The van der Waals surface area contributed by atoms with E-state index in [0.717, 1.165) is 6.42 Å². The SMILES string of the molecule is CCCCCCCCCCCCCCCCCC(N)(Cl)Cl. The van der Waals surface area contributed by atoms with E-state index < -0.39 is 4.46 Å². The van der Waals surface area contributed by atoms with Crippen molar-refractivity contribution in [2.75, 3.05) is 0 Å². The highest BCUT2D eigenvalue weighted by Gasteiger charge is 2.15. The highest BCUT2D eigenvalue weighted by molar-refractivity contribution is 6.47. The Morgan fingerprint density at radius 2 is 0.857 bits per heavy atom. The second-order valence-electron chi connectivity index (χ2n) is 6.46. The third-order valence-electron chi connectivity index (χ3n) is 4.11. The van der Waals surface area contributed by atoms with Gasteiger partial charge in [0.2, 0.25) is 0 Å². The van der Waals surface area contributed by atoms with Crippen molar-refractivity contribution >= 4 is 23.2 Å². The second kappa shape index (κ2) is 15.4. The van der Waals surface area contributed by atoms with E-state index in [1.54, 1.807) is 0 Å². The van der Waals surface area contributed by atoms with Crippen LogP contribution in [-0.2, 0) is 0 Å². The average molecular weight is 338 g/mol. The van der Waals surface area contributed by atoms with E-state index in [1.165, 1.54) is 89.9 Å². The molecule has 0 amide bonds. The first-order valence-electron chi connectivity index (χ1n) is 9.23. The summed E-state index contributed by atoms with van der Waals surface area (Å²) < 4.78 is -1.02. The summed E-state index contributed by atoms with van der Waals surface area (Å²) in [5, 5.41) is 0. The van der Waals surface area contributed by atoms with Crippen molar-refractivity contribution in [1.82, 2.24) is 0 Å². The lowest BCUT2D eigenvalue weighted by Gasteiger charge is -2.12. The Bertz CT molecular complexity index is 202. The molecule has 0 aliphatic rings. The van der Waals surface area contributed by atoms with Gasteiger partial charge in [0.15, 0.2) is 4.46 Å². The predicted octanol–water partition coefficient (Wildman–Crippen LogP) is 7.34. The lowest BCUT2D eigenvalue weighted by atomic mass is 10.0. The molecule has 0 bridgehead atoms. The standard InChI is InChI=1S/C18H37Cl2N/c1-2-3-4-5-6-7-8-9-10-11-12-13-14-15-16-17-18(19,20)21/h2-17,21H2,1H3. The lowest BCUT2D eigenvalue weighted by Crippen LogP contribution is -2.24. The number of hydrogen-bond acceptors (Lipinski definition) is 1. The van der Waals surface area contributed by atoms with E-state index in [9.17, 15) is 0 Å². The van der Waals surface area contributed by atoms with Gasteiger partial charge in [0.1, 0.15) is 0 Å². The topological polar surface area (TPSA) is 26.0 Å². The predicted molar refractivity (Wildman–Crippen MR) is 98.2 cm³/mol. The fraction of sp³-hybridized carbons (Fsp3) is 1.00. The van der Waals surface area contributed by atoms with Gasteiger partial charge >= 0.3 is 0 Å². The van der Waals surface area contributed by atoms with Crippen molar-refractivity contribution < 1.29 is 0 Å². The summed E-state index contributed by atoms with van der Waals surface area (Å²) in [6.45, 7) is 2.28. The molecule has 0 aliphatic heterocycles. The van der Waals surface area contributed by atoms with Gasteiger partial charge in [-0.1, -0.05) is 120 Å². The molecule has 1 nitrogen and oxygen atoms in total. The van der Waals surface area contributed by atoms with Crippen LogP contribution < -0.4 is 5.73 Å². The Labute approximate surface area is 143 Å². The molecule has 0 saturated heterocycles. The smallest absolute Gasteiger partial charge is 0.166 e. The quantitative estimate of drug-likeness (QED) is 0.178. The molecule has 0 aromatic carbocycles. The van der Waals surface area contributed by atoms with Gasteiger partial charge in [-0.15, -0.1) is 0 Å². The van der Waals surface area contributed by atoms with E-state index in [4.69, 9.17) is 28.9 Å². The van der Waals surface area contributed by atoms with Crippen LogP contribution in [0.15, 0.2) is 0 Å². The second-order valence-corrected chi connectivity index (χ2v) is 8.00. The third kappa shape index (κ3) is 20.5. The van der Waals surface area contributed by atoms with Crippen LogP contribution >= 0.6 is 23.2 Å². The van der Waals surface area contributed by atoms with Gasteiger partial charge in [0.05, 0.1) is 0 Å². The molecule has 0 unspecified atom stereocenters. The summed E-state index contributed by atoms with van der Waals surface area (Å²) in [5.41, 5.74) is 5.52. The van der Waals surface area contributed by atoms with E-state index in [2.05, 4.69) is 6.92 Å². The monoisotopic (exact) mass is 337 g/mol. The van der Waals surface area contributed by atoms with E-state index >= 15 is 0 Å². The Morgan fingerprint density at radius 3 is 1.14 bits per heavy atom. The molecule has 2 N–H and O–H groups in total. The van der Waals surface area contributed by atoms with Gasteiger partial charge in [0.25, 0.3) is 0 Å². The molecular formula is C18H37Cl2N. The fourth-order valence-electron chi connectivity index (χ4n) is 2.73. The average Bonchev–Trinajstić information content (AvgIpc) is 2.42. The lowest BCUT2D eigenvalue weighted by molar-refractivity contribution is 0.525. The molecule has 0 heterocycles. The summed E-state index contributed by atoms with van der Waals surface area (Å²) >= 11 is 11.5. The van der Waals surface area contributed by atoms with Crippen LogP contribution in [0.3, 0.4) is 0 Å². The number of unbranched alkanes of at least 4 members (excludes halogenated alkanes) is 14. The van der Waals surface area contributed by atoms with Crippen molar-refractivity contribution in [2.24, 2.45) is 5.73 Å². The van der Waals surface area contributed by atoms with Crippen LogP contribution in [0, 0.1) is 0 Å². The van der Waals surface area contributed by atoms with Crippen LogP contribution in [0.5, 0.6) is 0 Å². The van der Waals surface area contributed by atoms with Crippen LogP contribution in [0.1, 0.15) is 110 Å². The van der Waals surface area contributed by atoms with Crippen LogP contribution in [0.2, 0.25) is 0 Å².